The third-order valence-corrected chi connectivity index (χ3v) is 3.38. The Balaban J connectivity index is 2.87. The van der Waals surface area contributed by atoms with E-state index in [9.17, 15) is 4.79 Å². The first-order chi connectivity index (χ1) is 5.49. The monoisotopic (exact) mass is 170 g/mol. The zero-order valence-electron chi connectivity index (χ0n) is 8.13. The number of hydrogen-bond acceptors (Lipinski definition) is 2. The lowest BCUT2D eigenvalue weighted by molar-refractivity contribution is -0.133. The molecule has 2 atom stereocenters. The van der Waals surface area contributed by atoms with Crippen molar-refractivity contribution in [3.05, 3.63) is 0 Å². The number of piperidine rings is 1. The molecule has 0 aromatic carbocycles. The molecule has 0 aromatic rings. The van der Waals surface area contributed by atoms with Gasteiger partial charge in [-0.2, -0.15) is 0 Å². The fourth-order valence-corrected chi connectivity index (χ4v) is 1.96. The second kappa shape index (κ2) is 3.05. The summed E-state index contributed by atoms with van der Waals surface area (Å²) in [7, 11) is 1.97. The van der Waals surface area contributed by atoms with Crippen LogP contribution in [0.1, 0.15) is 26.7 Å². The molecule has 0 bridgehead atoms. The van der Waals surface area contributed by atoms with Gasteiger partial charge >= 0.3 is 0 Å². The summed E-state index contributed by atoms with van der Waals surface area (Å²) in [6.07, 6.45) is 2.27. The molecule has 0 spiro atoms. The van der Waals surface area contributed by atoms with Crippen molar-refractivity contribution in [1.82, 2.24) is 4.90 Å². The smallest absolute Gasteiger partial charge is 0.237 e. The average Bonchev–Trinajstić information content (AvgIpc) is 1.99. The van der Waals surface area contributed by atoms with Crippen molar-refractivity contribution >= 4 is 5.91 Å². The van der Waals surface area contributed by atoms with Gasteiger partial charge in [0.2, 0.25) is 5.91 Å². The van der Waals surface area contributed by atoms with Crippen LogP contribution in [0.3, 0.4) is 0 Å². The molecule has 1 heterocycles. The molecule has 70 valence electrons. The first kappa shape index (κ1) is 9.52. The SMILES string of the molecule is CC1CCCN(C)C1(C)C(N)=O. The highest BCUT2D eigenvalue weighted by Crippen LogP contribution is 2.31. The van der Waals surface area contributed by atoms with Gasteiger partial charge in [-0.15, -0.1) is 0 Å². The van der Waals surface area contributed by atoms with Crippen LogP contribution in [-0.4, -0.2) is 29.9 Å². The number of amides is 1. The Labute approximate surface area is 73.9 Å². The van der Waals surface area contributed by atoms with Crippen LogP contribution >= 0.6 is 0 Å². The molecule has 3 nitrogen and oxygen atoms in total. The van der Waals surface area contributed by atoms with Crippen molar-refractivity contribution in [2.24, 2.45) is 11.7 Å². The van der Waals surface area contributed by atoms with Crippen LogP contribution in [0.25, 0.3) is 0 Å². The predicted octanol–water partition coefficient (Wildman–Crippen LogP) is 0.592. The van der Waals surface area contributed by atoms with E-state index in [0.717, 1.165) is 13.0 Å². The summed E-state index contributed by atoms with van der Waals surface area (Å²) < 4.78 is 0. The first-order valence-electron chi connectivity index (χ1n) is 4.50. The van der Waals surface area contributed by atoms with Crippen molar-refractivity contribution in [3.63, 3.8) is 0 Å². The second-order valence-corrected chi connectivity index (χ2v) is 3.98. The normalized spacial score (nSPS) is 38.1. The van der Waals surface area contributed by atoms with Crippen LogP contribution < -0.4 is 5.73 Å². The van der Waals surface area contributed by atoms with Crippen LogP contribution in [0.5, 0.6) is 0 Å². The second-order valence-electron chi connectivity index (χ2n) is 3.98. The fourth-order valence-electron chi connectivity index (χ4n) is 1.96. The van der Waals surface area contributed by atoms with E-state index in [4.69, 9.17) is 5.73 Å². The molecule has 0 saturated carbocycles. The summed E-state index contributed by atoms with van der Waals surface area (Å²) >= 11 is 0. The number of primary amides is 1. The van der Waals surface area contributed by atoms with Gasteiger partial charge in [0, 0.05) is 0 Å². The Morgan fingerprint density at radius 1 is 1.67 bits per heavy atom. The van der Waals surface area contributed by atoms with Gasteiger partial charge in [-0.1, -0.05) is 6.92 Å². The Bertz CT molecular complexity index is 181. The van der Waals surface area contributed by atoms with E-state index < -0.39 is 5.54 Å². The quantitative estimate of drug-likeness (QED) is 0.626. The molecule has 2 N–H and O–H groups in total. The minimum Gasteiger partial charge on any atom is -0.368 e. The summed E-state index contributed by atoms with van der Waals surface area (Å²) in [5.74, 6) is 0.172. The Morgan fingerprint density at radius 2 is 2.25 bits per heavy atom. The third kappa shape index (κ3) is 1.22. The Kier molecular flexibility index (Phi) is 2.42. The van der Waals surface area contributed by atoms with Crippen LogP contribution in [0.2, 0.25) is 0 Å². The summed E-state index contributed by atoms with van der Waals surface area (Å²) in [4.78, 5) is 13.4. The summed E-state index contributed by atoms with van der Waals surface area (Å²) in [5.41, 5.74) is 4.97. The molecule has 3 heteroatoms. The predicted molar refractivity (Wildman–Crippen MR) is 48.6 cm³/mol. The first-order valence-corrected chi connectivity index (χ1v) is 4.50. The van der Waals surface area contributed by atoms with Crippen molar-refractivity contribution in [1.29, 1.82) is 0 Å². The van der Waals surface area contributed by atoms with Gasteiger partial charge in [0.15, 0.2) is 0 Å². The molecule has 1 rings (SSSR count). The minimum atomic E-state index is -0.432. The number of hydrogen-bond donors (Lipinski definition) is 1. The molecule has 1 saturated heterocycles. The number of nitrogens with zero attached hydrogens (tertiary/aromatic N) is 1. The zero-order chi connectivity index (χ0) is 9.35. The lowest BCUT2D eigenvalue weighted by atomic mass is 9.79. The molecule has 1 aliphatic rings. The molecule has 1 fully saturated rings. The largest absolute Gasteiger partial charge is 0.368 e. The van der Waals surface area contributed by atoms with E-state index in [2.05, 4.69) is 11.8 Å². The maximum atomic E-state index is 11.3. The number of carbonyl (C=O) groups is 1. The maximum Gasteiger partial charge on any atom is 0.237 e. The Hall–Kier alpha value is -0.570. The van der Waals surface area contributed by atoms with Gasteiger partial charge in [0.1, 0.15) is 0 Å². The van der Waals surface area contributed by atoms with Crippen molar-refractivity contribution in [2.75, 3.05) is 13.6 Å². The van der Waals surface area contributed by atoms with Crippen LogP contribution in [0.4, 0.5) is 0 Å². The molecular formula is C9H18N2O. The minimum absolute atomic E-state index is 0.197. The van der Waals surface area contributed by atoms with Gasteiger partial charge in [-0.05, 0) is 39.3 Å². The van der Waals surface area contributed by atoms with Gasteiger partial charge in [-0.25, -0.2) is 0 Å². The van der Waals surface area contributed by atoms with Crippen LogP contribution in [0.15, 0.2) is 0 Å². The zero-order valence-corrected chi connectivity index (χ0v) is 8.13. The van der Waals surface area contributed by atoms with Crippen molar-refractivity contribution in [3.8, 4) is 0 Å². The summed E-state index contributed by atoms with van der Waals surface area (Å²) in [5, 5.41) is 0. The molecule has 1 aliphatic heterocycles. The third-order valence-electron chi connectivity index (χ3n) is 3.38. The lowest BCUT2D eigenvalue weighted by Gasteiger charge is -2.44. The highest BCUT2D eigenvalue weighted by atomic mass is 16.1. The number of likely N-dealkylation sites (N-methyl/N-ethyl adjacent to an activating group) is 1. The number of carbonyl (C=O) groups excluding carboxylic acids is 1. The van der Waals surface area contributed by atoms with Crippen LogP contribution in [-0.2, 0) is 4.79 Å². The standard InChI is InChI=1S/C9H18N2O/c1-7-5-4-6-11(3)9(7,2)8(10)12/h7H,4-6H2,1-3H3,(H2,10,12). The van der Waals surface area contributed by atoms with E-state index in [-0.39, 0.29) is 5.91 Å². The van der Waals surface area contributed by atoms with Gasteiger partial charge in [-0.3, -0.25) is 9.69 Å². The lowest BCUT2D eigenvalue weighted by Crippen LogP contribution is -2.60. The van der Waals surface area contributed by atoms with E-state index in [1.54, 1.807) is 0 Å². The van der Waals surface area contributed by atoms with Gasteiger partial charge in [0.25, 0.3) is 0 Å². The molecule has 12 heavy (non-hydrogen) atoms. The summed E-state index contributed by atoms with van der Waals surface area (Å²) in [6.45, 7) is 5.02. The molecule has 0 aromatic heterocycles. The molecule has 0 aliphatic carbocycles. The number of likely N-dealkylation sites (tertiary alicyclic amines) is 1. The summed E-state index contributed by atoms with van der Waals surface area (Å²) in [6, 6.07) is 0. The highest BCUT2D eigenvalue weighted by molar-refractivity contribution is 5.84. The van der Waals surface area contributed by atoms with E-state index in [1.165, 1.54) is 6.42 Å². The van der Waals surface area contributed by atoms with E-state index in [0.29, 0.717) is 5.92 Å². The van der Waals surface area contributed by atoms with Gasteiger partial charge in [0.05, 0.1) is 5.54 Å². The fraction of sp³-hybridized carbons (Fsp3) is 0.889. The Morgan fingerprint density at radius 3 is 2.58 bits per heavy atom. The molecular weight excluding hydrogens is 152 g/mol. The topological polar surface area (TPSA) is 46.3 Å². The molecule has 1 amide bonds. The van der Waals surface area contributed by atoms with Crippen molar-refractivity contribution < 1.29 is 4.79 Å². The average molecular weight is 170 g/mol. The van der Waals surface area contributed by atoms with E-state index >= 15 is 0 Å². The maximum absolute atomic E-state index is 11.3. The highest BCUT2D eigenvalue weighted by Gasteiger charge is 2.42. The van der Waals surface area contributed by atoms with E-state index in [1.807, 2.05) is 14.0 Å². The molecule has 0 radical (unpaired) electrons. The number of nitrogens with two attached hydrogens (primary N) is 1. The number of rotatable bonds is 1. The van der Waals surface area contributed by atoms with Gasteiger partial charge < -0.3 is 5.73 Å². The van der Waals surface area contributed by atoms with Crippen LogP contribution in [0, 0.1) is 5.92 Å². The van der Waals surface area contributed by atoms with Crippen molar-refractivity contribution in [2.45, 2.75) is 32.2 Å². The molecule has 2 unspecified atom stereocenters.